The van der Waals surface area contributed by atoms with Crippen LogP contribution < -0.4 is 10.1 Å². The van der Waals surface area contributed by atoms with Crippen LogP contribution in [0.5, 0.6) is 5.75 Å². The number of carbonyl (C=O) groups is 1. The highest BCUT2D eigenvalue weighted by Crippen LogP contribution is 2.25. The van der Waals surface area contributed by atoms with E-state index in [2.05, 4.69) is 10.3 Å². The molecule has 152 valence electrons. The second kappa shape index (κ2) is 8.66. The fourth-order valence-corrected chi connectivity index (χ4v) is 3.62. The average molecular weight is 393 g/mol. The summed E-state index contributed by atoms with van der Waals surface area (Å²) in [5.41, 5.74) is 2.93. The number of fused-ring (bicyclic) bond motifs is 1. The molecule has 0 aliphatic carbocycles. The number of hydrogen-bond acceptors (Lipinski definition) is 4. The molecule has 1 saturated heterocycles. The molecular formula is C23H27N3O3. The molecule has 0 unspecified atom stereocenters. The first-order valence-electron chi connectivity index (χ1n) is 10.2. The van der Waals surface area contributed by atoms with Crippen molar-refractivity contribution in [3.05, 3.63) is 54.6 Å². The molecule has 1 amide bonds. The number of nitrogens with one attached hydrogen (secondary N) is 1. The third kappa shape index (κ3) is 4.59. The molecular weight excluding hydrogens is 366 g/mol. The van der Waals surface area contributed by atoms with E-state index >= 15 is 0 Å². The summed E-state index contributed by atoms with van der Waals surface area (Å²) < 4.78 is 13.0. The third-order valence-electron chi connectivity index (χ3n) is 5.16. The third-order valence-corrected chi connectivity index (χ3v) is 5.16. The molecule has 2 aromatic heterocycles. The van der Waals surface area contributed by atoms with E-state index in [1.165, 1.54) is 0 Å². The number of amides is 1. The SMILES string of the molecule is CC(C)Oc1cccc(-c2ccc3cnc(C(=O)NCC4CCOCC4)n3c2)c1. The lowest BCUT2D eigenvalue weighted by atomic mass is 10.0. The van der Waals surface area contributed by atoms with Crippen LogP contribution in [0.4, 0.5) is 0 Å². The van der Waals surface area contributed by atoms with Crippen molar-refractivity contribution in [2.45, 2.75) is 32.8 Å². The van der Waals surface area contributed by atoms with E-state index in [0.29, 0.717) is 18.3 Å². The summed E-state index contributed by atoms with van der Waals surface area (Å²) in [5.74, 6) is 1.56. The molecule has 3 aromatic rings. The summed E-state index contributed by atoms with van der Waals surface area (Å²) in [5, 5.41) is 3.04. The van der Waals surface area contributed by atoms with Gasteiger partial charge in [-0.1, -0.05) is 18.2 Å². The molecule has 1 aromatic carbocycles. The Balaban J connectivity index is 1.55. The predicted molar refractivity (Wildman–Crippen MR) is 112 cm³/mol. The second-order valence-corrected chi connectivity index (χ2v) is 7.75. The summed E-state index contributed by atoms with van der Waals surface area (Å²) in [6.07, 6.45) is 5.78. The normalized spacial score (nSPS) is 15.0. The molecule has 4 rings (SSSR count). The van der Waals surface area contributed by atoms with Crippen molar-refractivity contribution < 1.29 is 14.3 Å². The molecule has 0 saturated carbocycles. The van der Waals surface area contributed by atoms with Gasteiger partial charge in [-0.2, -0.15) is 0 Å². The fourth-order valence-electron chi connectivity index (χ4n) is 3.62. The lowest BCUT2D eigenvalue weighted by Gasteiger charge is -2.21. The molecule has 3 heterocycles. The first-order chi connectivity index (χ1) is 14.1. The van der Waals surface area contributed by atoms with Gasteiger partial charge in [0.05, 0.1) is 17.8 Å². The standard InChI is InChI=1S/C23H27N3O3/c1-16(2)29-21-5-3-4-18(12-21)19-6-7-20-14-24-22(26(20)15-19)23(27)25-13-17-8-10-28-11-9-17/h3-7,12,14-17H,8-11,13H2,1-2H3,(H,25,27). The first kappa shape index (κ1) is 19.5. The number of nitrogens with zero attached hydrogens (tertiary/aromatic N) is 2. The Morgan fingerprint density at radius 3 is 2.86 bits per heavy atom. The Hall–Kier alpha value is -2.86. The Kier molecular flexibility index (Phi) is 5.81. The van der Waals surface area contributed by atoms with E-state index in [1.807, 2.05) is 60.8 Å². The van der Waals surface area contributed by atoms with Crippen molar-refractivity contribution in [1.29, 1.82) is 0 Å². The van der Waals surface area contributed by atoms with Crippen LogP contribution in [-0.2, 0) is 4.74 Å². The van der Waals surface area contributed by atoms with Gasteiger partial charge in [-0.25, -0.2) is 4.98 Å². The van der Waals surface area contributed by atoms with Gasteiger partial charge in [0.1, 0.15) is 5.75 Å². The molecule has 0 spiro atoms. The maximum atomic E-state index is 12.7. The Morgan fingerprint density at radius 2 is 2.07 bits per heavy atom. The zero-order valence-corrected chi connectivity index (χ0v) is 16.9. The number of aromatic nitrogens is 2. The number of rotatable bonds is 6. The minimum Gasteiger partial charge on any atom is -0.491 e. The molecule has 0 bridgehead atoms. The number of imidazole rings is 1. The predicted octanol–water partition coefficient (Wildman–Crippen LogP) is 3.94. The van der Waals surface area contributed by atoms with Crippen molar-refractivity contribution in [2.75, 3.05) is 19.8 Å². The second-order valence-electron chi connectivity index (χ2n) is 7.75. The maximum absolute atomic E-state index is 12.7. The minimum absolute atomic E-state index is 0.118. The van der Waals surface area contributed by atoms with Gasteiger partial charge in [0, 0.05) is 26.0 Å². The fraction of sp³-hybridized carbons (Fsp3) is 0.391. The van der Waals surface area contributed by atoms with Crippen LogP contribution >= 0.6 is 0 Å². The number of pyridine rings is 1. The largest absolute Gasteiger partial charge is 0.491 e. The first-order valence-corrected chi connectivity index (χ1v) is 10.2. The van der Waals surface area contributed by atoms with Crippen molar-refractivity contribution in [3.63, 3.8) is 0 Å². The van der Waals surface area contributed by atoms with Crippen molar-refractivity contribution in [3.8, 4) is 16.9 Å². The quantitative estimate of drug-likeness (QED) is 0.689. The van der Waals surface area contributed by atoms with Gasteiger partial charge in [-0.05, 0) is 61.9 Å². The van der Waals surface area contributed by atoms with Gasteiger partial charge in [0.15, 0.2) is 0 Å². The molecule has 1 aliphatic heterocycles. The smallest absolute Gasteiger partial charge is 0.287 e. The van der Waals surface area contributed by atoms with E-state index < -0.39 is 0 Å². The lowest BCUT2D eigenvalue weighted by molar-refractivity contribution is 0.0641. The van der Waals surface area contributed by atoms with Gasteiger partial charge in [-0.15, -0.1) is 0 Å². The summed E-state index contributed by atoms with van der Waals surface area (Å²) >= 11 is 0. The number of ether oxygens (including phenoxy) is 2. The molecule has 29 heavy (non-hydrogen) atoms. The van der Waals surface area contributed by atoms with Gasteiger partial charge in [-0.3, -0.25) is 9.20 Å². The van der Waals surface area contributed by atoms with Gasteiger partial charge in [0.2, 0.25) is 5.82 Å². The summed E-state index contributed by atoms with van der Waals surface area (Å²) in [6, 6.07) is 12.0. The zero-order valence-electron chi connectivity index (χ0n) is 16.9. The van der Waals surface area contributed by atoms with Crippen LogP contribution in [0, 0.1) is 5.92 Å². The molecule has 6 nitrogen and oxygen atoms in total. The van der Waals surface area contributed by atoms with E-state index in [4.69, 9.17) is 9.47 Å². The van der Waals surface area contributed by atoms with Crippen LogP contribution in [0.2, 0.25) is 0 Å². The Morgan fingerprint density at radius 1 is 1.24 bits per heavy atom. The van der Waals surface area contributed by atoms with Crippen molar-refractivity contribution in [2.24, 2.45) is 5.92 Å². The van der Waals surface area contributed by atoms with E-state index in [0.717, 1.165) is 48.4 Å². The van der Waals surface area contributed by atoms with Crippen LogP contribution in [0.1, 0.15) is 37.3 Å². The monoisotopic (exact) mass is 393 g/mol. The van der Waals surface area contributed by atoms with E-state index in [-0.39, 0.29) is 12.0 Å². The molecule has 0 radical (unpaired) electrons. The van der Waals surface area contributed by atoms with Crippen LogP contribution in [0.3, 0.4) is 0 Å². The molecule has 6 heteroatoms. The Labute approximate surface area is 170 Å². The number of carbonyl (C=O) groups excluding carboxylic acids is 1. The van der Waals surface area contributed by atoms with Crippen molar-refractivity contribution >= 4 is 11.4 Å². The van der Waals surface area contributed by atoms with Crippen molar-refractivity contribution in [1.82, 2.24) is 14.7 Å². The number of hydrogen-bond donors (Lipinski definition) is 1. The topological polar surface area (TPSA) is 64.9 Å². The highest BCUT2D eigenvalue weighted by molar-refractivity contribution is 5.92. The Bertz CT molecular complexity index is 990. The number of benzene rings is 1. The molecule has 0 atom stereocenters. The molecule has 1 N–H and O–H groups in total. The zero-order chi connectivity index (χ0) is 20.2. The molecule has 1 fully saturated rings. The minimum atomic E-state index is -0.148. The lowest BCUT2D eigenvalue weighted by Crippen LogP contribution is -2.33. The van der Waals surface area contributed by atoms with Gasteiger partial charge < -0.3 is 14.8 Å². The summed E-state index contributed by atoms with van der Waals surface area (Å²) in [4.78, 5) is 17.1. The van der Waals surface area contributed by atoms with Gasteiger partial charge in [0.25, 0.3) is 5.91 Å². The van der Waals surface area contributed by atoms with E-state index in [1.54, 1.807) is 6.20 Å². The summed E-state index contributed by atoms with van der Waals surface area (Å²) in [7, 11) is 0. The summed E-state index contributed by atoms with van der Waals surface area (Å²) in [6.45, 7) is 6.22. The van der Waals surface area contributed by atoms with E-state index in [9.17, 15) is 4.79 Å². The highest BCUT2D eigenvalue weighted by atomic mass is 16.5. The maximum Gasteiger partial charge on any atom is 0.287 e. The van der Waals surface area contributed by atoms with Crippen LogP contribution in [-0.4, -0.2) is 41.2 Å². The molecule has 1 aliphatic rings. The van der Waals surface area contributed by atoms with Crippen LogP contribution in [0.25, 0.3) is 16.6 Å². The average Bonchev–Trinajstić information content (AvgIpc) is 3.16. The van der Waals surface area contributed by atoms with Crippen LogP contribution in [0.15, 0.2) is 48.8 Å². The van der Waals surface area contributed by atoms with Gasteiger partial charge >= 0.3 is 0 Å². The highest BCUT2D eigenvalue weighted by Gasteiger charge is 2.18.